The number of hydrogen-bond donors (Lipinski definition) is 0. The average Bonchev–Trinajstić information content (AvgIpc) is 2.26. The van der Waals surface area contributed by atoms with Gasteiger partial charge in [0, 0.05) is 19.6 Å². The van der Waals surface area contributed by atoms with E-state index >= 15 is 0 Å². The molecule has 0 aromatic rings. The van der Waals surface area contributed by atoms with E-state index in [1.807, 2.05) is 6.92 Å². The Kier molecular flexibility index (Phi) is 13.2. The van der Waals surface area contributed by atoms with Gasteiger partial charge in [-0.05, 0) is 19.8 Å². The number of unbranched alkanes of at least 4 members (excludes halogenated alkanes) is 5. The molecule has 0 aliphatic carbocycles. The normalized spacial score (nSPS) is 10.5. The summed E-state index contributed by atoms with van der Waals surface area (Å²) in [6.07, 6.45) is 7.44. The van der Waals surface area contributed by atoms with Crippen molar-refractivity contribution in [1.82, 2.24) is 0 Å². The molecule has 0 fully saturated rings. The molecular formula is C12H24O3. The van der Waals surface area contributed by atoms with Gasteiger partial charge in [0.15, 0.2) is 0 Å². The van der Waals surface area contributed by atoms with Crippen molar-refractivity contribution in [1.29, 1.82) is 0 Å². The van der Waals surface area contributed by atoms with Crippen LogP contribution in [0, 0.1) is 0 Å². The van der Waals surface area contributed by atoms with E-state index in [0.717, 1.165) is 38.8 Å². The Morgan fingerprint density at radius 1 is 0.867 bits per heavy atom. The molecule has 0 N–H and O–H groups in total. The van der Waals surface area contributed by atoms with Gasteiger partial charge in [0.1, 0.15) is 6.29 Å². The molecular weight excluding hydrogens is 192 g/mol. The van der Waals surface area contributed by atoms with Gasteiger partial charge in [0.25, 0.3) is 0 Å². The minimum atomic E-state index is 0.704. The van der Waals surface area contributed by atoms with Crippen LogP contribution in [0.3, 0.4) is 0 Å². The highest BCUT2D eigenvalue weighted by Crippen LogP contribution is 2.04. The van der Waals surface area contributed by atoms with Crippen LogP contribution in [0.4, 0.5) is 0 Å². The van der Waals surface area contributed by atoms with Crippen LogP contribution < -0.4 is 0 Å². The van der Waals surface area contributed by atoms with Gasteiger partial charge in [-0.1, -0.05) is 19.3 Å². The Balaban J connectivity index is 2.83. The third kappa shape index (κ3) is 13.6. The lowest BCUT2D eigenvalue weighted by Crippen LogP contribution is -2.04. The molecule has 90 valence electrons. The SMILES string of the molecule is CCOCCOCCCCCCCC=O. The number of carbonyl (C=O) groups is 1. The smallest absolute Gasteiger partial charge is 0.119 e. The number of rotatable bonds is 12. The first-order chi connectivity index (χ1) is 7.41. The summed E-state index contributed by atoms with van der Waals surface area (Å²) in [5.41, 5.74) is 0. The summed E-state index contributed by atoms with van der Waals surface area (Å²) in [7, 11) is 0. The Labute approximate surface area is 93.1 Å². The summed E-state index contributed by atoms with van der Waals surface area (Å²) in [5, 5.41) is 0. The van der Waals surface area contributed by atoms with Crippen molar-refractivity contribution in [2.45, 2.75) is 45.4 Å². The monoisotopic (exact) mass is 216 g/mol. The molecule has 0 atom stereocenters. The molecule has 0 unspecified atom stereocenters. The summed E-state index contributed by atoms with van der Waals surface area (Å²) < 4.78 is 10.5. The van der Waals surface area contributed by atoms with Crippen LogP contribution in [0.15, 0.2) is 0 Å². The Hall–Kier alpha value is -0.410. The predicted octanol–water partition coefficient (Wildman–Crippen LogP) is 2.58. The molecule has 15 heavy (non-hydrogen) atoms. The van der Waals surface area contributed by atoms with Crippen molar-refractivity contribution < 1.29 is 14.3 Å². The van der Waals surface area contributed by atoms with Crippen molar-refractivity contribution in [2.75, 3.05) is 26.4 Å². The summed E-state index contributed by atoms with van der Waals surface area (Å²) in [4.78, 5) is 10.0. The maximum atomic E-state index is 10.0. The van der Waals surface area contributed by atoms with E-state index in [4.69, 9.17) is 9.47 Å². The lowest BCUT2D eigenvalue weighted by Gasteiger charge is -2.04. The summed E-state index contributed by atoms with van der Waals surface area (Å²) in [5.74, 6) is 0. The highest BCUT2D eigenvalue weighted by Gasteiger charge is 1.91. The molecule has 3 nitrogen and oxygen atoms in total. The molecule has 0 heterocycles. The van der Waals surface area contributed by atoms with Crippen LogP contribution in [0.5, 0.6) is 0 Å². The zero-order valence-electron chi connectivity index (χ0n) is 9.87. The first-order valence-electron chi connectivity index (χ1n) is 6.01. The second kappa shape index (κ2) is 13.6. The summed E-state index contributed by atoms with van der Waals surface area (Å²) >= 11 is 0. The van der Waals surface area contributed by atoms with Crippen LogP contribution in [-0.2, 0) is 14.3 Å². The van der Waals surface area contributed by atoms with E-state index in [9.17, 15) is 4.79 Å². The molecule has 0 aromatic heterocycles. The maximum absolute atomic E-state index is 10.0. The van der Waals surface area contributed by atoms with Crippen LogP contribution in [0.25, 0.3) is 0 Å². The molecule has 0 radical (unpaired) electrons. The van der Waals surface area contributed by atoms with E-state index < -0.39 is 0 Å². The summed E-state index contributed by atoms with van der Waals surface area (Å²) in [6.45, 7) is 5.00. The van der Waals surface area contributed by atoms with E-state index in [1.54, 1.807) is 0 Å². The van der Waals surface area contributed by atoms with Crippen molar-refractivity contribution in [2.24, 2.45) is 0 Å². The van der Waals surface area contributed by atoms with Crippen molar-refractivity contribution in [3.8, 4) is 0 Å². The molecule has 0 saturated carbocycles. The molecule has 0 spiro atoms. The number of carbonyl (C=O) groups excluding carboxylic acids is 1. The van der Waals surface area contributed by atoms with Gasteiger partial charge in [-0.25, -0.2) is 0 Å². The Morgan fingerprint density at radius 2 is 1.53 bits per heavy atom. The molecule has 0 bridgehead atoms. The Morgan fingerprint density at radius 3 is 2.27 bits per heavy atom. The van der Waals surface area contributed by atoms with Gasteiger partial charge in [-0.15, -0.1) is 0 Å². The maximum Gasteiger partial charge on any atom is 0.119 e. The minimum absolute atomic E-state index is 0.704. The van der Waals surface area contributed by atoms with Crippen LogP contribution in [-0.4, -0.2) is 32.7 Å². The third-order valence-electron chi connectivity index (χ3n) is 2.19. The highest BCUT2D eigenvalue weighted by molar-refractivity contribution is 5.48. The fourth-order valence-electron chi connectivity index (χ4n) is 1.33. The quantitative estimate of drug-likeness (QED) is 0.371. The predicted molar refractivity (Wildman–Crippen MR) is 61.1 cm³/mol. The van der Waals surface area contributed by atoms with E-state index in [0.29, 0.717) is 19.6 Å². The second-order valence-electron chi connectivity index (χ2n) is 3.53. The van der Waals surface area contributed by atoms with E-state index in [-0.39, 0.29) is 0 Å². The molecule has 0 saturated heterocycles. The van der Waals surface area contributed by atoms with Crippen LogP contribution in [0.2, 0.25) is 0 Å². The fourth-order valence-corrected chi connectivity index (χ4v) is 1.33. The number of ether oxygens (including phenoxy) is 2. The second-order valence-corrected chi connectivity index (χ2v) is 3.53. The zero-order valence-corrected chi connectivity index (χ0v) is 9.87. The largest absolute Gasteiger partial charge is 0.379 e. The van der Waals surface area contributed by atoms with Crippen molar-refractivity contribution >= 4 is 6.29 Å². The highest BCUT2D eigenvalue weighted by atomic mass is 16.5. The topological polar surface area (TPSA) is 35.5 Å². The fraction of sp³-hybridized carbons (Fsp3) is 0.917. The van der Waals surface area contributed by atoms with E-state index in [2.05, 4.69) is 0 Å². The van der Waals surface area contributed by atoms with Gasteiger partial charge in [0.05, 0.1) is 13.2 Å². The molecule has 3 heteroatoms. The lowest BCUT2D eigenvalue weighted by molar-refractivity contribution is -0.107. The van der Waals surface area contributed by atoms with Gasteiger partial charge in [-0.2, -0.15) is 0 Å². The molecule has 0 rings (SSSR count). The minimum Gasteiger partial charge on any atom is -0.379 e. The van der Waals surface area contributed by atoms with Gasteiger partial charge in [-0.3, -0.25) is 0 Å². The summed E-state index contributed by atoms with van der Waals surface area (Å²) in [6, 6.07) is 0. The lowest BCUT2D eigenvalue weighted by atomic mass is 10.1. The van der Waals surface area contributed by atoms with Crippen LogP contribution >= 0.6 is 0 Å². The zero-order chi connectivity index (χ0) is 11.2. The first kappa shape index (κ1) is 14.6. The Bertz CT molecular complexity index is 126. The average molecular weight is 216 g/mol. The van der Waals surface area contributed by atoms with Gasteiger partial charge >= 0.3 is 0 Å². The van der Waals surface area contributed by atoms with E-state index in [1.165, 1.54) is 12.8 Å². The molecule has 0 aromatic carbocycles. The van der Waals surface area contributed by atoms with Crippen LogP contribution in [0.1, 0.15) is 45.4 Å². The molecule has 0 aliphatic heterocycles. The molecule has 0 amide bonds. The van der Waals surface area contributed by atoms with Gasteiger partial charge in [0.2, 0.25) is 0 Å². The standard InChI is InChI=1S/C12H24O3/c1-2-14-11-12-15-10-8-6-4-3-5-7-9-13/h9H,2-8,10-12H2,1H3. The number of aldehydes is 1. The first-order valence-corrected chi connectivity index (χ1v) is 6.01. The number of hydrogen-bond acceptors (Lipinski definition) is 3. The van der Waals surface area contributed by atoms with Crippen molar-refractivity contribution in [3.05, 3.63) is 0 Å². The van der Waals surface area contributed by atoms with Crippen molar-refractivity contribution in [3.63, 3.8) is 0 Å². The third-order valence-corrected chi connectivity index (χ3v) is 2.19. The molecule has 0 aliphatic rings. The van der Waals surface area contributed by atoms with Gasteiger partial charge < -0.3 is 14.3 Å².